The minimum atomic E-state index is -0.338. The van der Waals surface area contributed by atoms with Crippen LogP contribution < -0.4 is 4.74 Å². The van der Waals surface area contributed by atoms with E-state index in [1.54, 1.807) is 6.07 Å². The lowest BCUT2D eigenvalue weighted by Crippen LogP contribution is -2.26. The molecule has 2 bridgehead atoms. The van der Waals surface area contributed by atoms with E-state index in [9.17, 15) is 4.39 Å². The van der Waals surface area contributed by atoms with Crippen LogP contribution in [0.1, 0.15) is 37.7 Å². The Bertz CT molecular complexity index is 421. The molecule has 1 aromatic rings. The van der Waals surface area contributed by atoms with E-state index in [1.165, 1.54) is 31.4 Å². The molecule has 2 saturated carbocycles. The summed E-state index contributed by atoms with van der Waals surface area (Å²) in [7, 11) is 0. The van der Waals surface area contributed by atoms with Crippen molar-refractivity contribution in [3.05, 3.63) is 29.6 Å². The van der Waals surface area contributed by atoms with Gasteiger partial charge in [-0.1, -0.05) is 12.8 Å². The van der Waals surface area contributed by atoms with Crippen molar-refractivity contribution in [1.29, 1.82) is 0 Å². The highest BCUT2D eigenvalue weighted by atomic mass is 19.1. The Hall–Kier alpha value is -1.09. The maximum absolute atomic E-state index is 13.3. The van der Waals surface area contributed by atoms with E-state index >= 15 is 0 Å². The van der Waals surface area contributed by atoms with Crippen LogP contribution in [0, 0.1) is 17.7 Å². The monoisotopic (exact) mass is 250 g/mol. The van der Waals surface area contributed by atoms with Crippen molar-refractivity contribution >= 4 is 0 Å². The highest BCUT2D eigenvalue weighted by molar-refractivity contribution is 5.29. The Kier molecular flexibility index (Phi) is 3.25. The van der Waals surface area contributed by atoms with Gasteiger partial charge in [0.1, 0.15) is 11.6 Å². The summed E-state index contributed by atoms with van der Waals surface area (Å²) in [5.41, 5.74) is 0.573. The van der Waals surface area contributed by atoms with Crippen LogP contribution in [0.2, 0.25) is 0 Å². The zero-order valence-corrected chi connectivity index (χ0v) is 10.4. The third-order valence-corrected chi connectivity index (χ3v) is 4.26. The summed E-state index contributed by atoms with van der Waals surface area (Å²) < 4.78 is 19.3. The van der Waals surface area contributed by atoms with Crippen molar-refractivity contribution in [3.8, 4) is 5.75 Å². The first kappa shape index (κ1) is 12.0. The molecule has 0 aliphatic heterocycles. The summed E-state index contributed by atoms with van der Waals surface area (Å²) in [6.07, 6.45) is 6.43. The van der Waals surface area contributed by atoms with Gasteiger partial charge in [0, 0.05) is 6.07 Å². The second-order valence-electron chi connectivity index (χ2n) is 5.71. The second-order valence-corrected chi connectivity index (χ2v) is 5.71. The number of aliphatic hydroxyl groups excluding tert-OH is 1. The van der Waals surface area contributed by atoms with Crippen LogP contribution in [-0.4, -0.2) is 11.2 Å². The van der Waals surface area contributed by atoms with Crippen molar-refractivity contribution in [2.45, 2.75) is 44.8 Å². The Morgan fingerprint density at radius 2 is 1.83 bits per heavy atom. The minimum Gasteiger partial charge on any atom is -0.490 e. The average molecular weight is 250 g/mol. The fourth-order valence-corrected chi connectivity index (χ4v) is 3.52. The maximum Gasteiger partial charge on any atom is 0.127 e. The average Bonchev–Trinajstić information content (AvgIpc) is 2.68. The number of rotatable bonds is 3. The van der Waals surface area contributed by atoms with Gasteiger partial charge >= 0.3 is 0 Å². The van der Waals surface area contributed by atoms with Crippen LogP contribution in [0.4, 0.5) is 4.39 Å². The van der Waals surface area contributed by atoms with Gasteiger partial charge in [-0.25, -0.2) is 4.39 Å². The predicted octanol–water partition coefficient (Wildman–Crippen LogP) is 3.28. The number of hydrogen-bond donors (Lipinski definition) is 1. The molecular weight excluding hydrogens is 231 g/mol. The van der Waals surface area contributed by atoms with Gasteiger partial charge in [-0.2, -0.15) is 0 Å². The van der Waals surface area contributed by atoms with E-state index in [1.807, 2.05) is 0 Å². The van der Waals surface area contributed by atoms with Gasteiger partial charge in [0.2, 0.25) is 0 Å². The number of halogens is 1. The topological polar surface area (TPSA) is 29.5 Å². The standard InChI is InChI=1S/C15H19FO2/c16-13-4-12(9-17)7-15(8-13)18-14-5-10-1-2-11(3-10)6-14/h4,7-8,10-11,14,17H,1-3,5-6,9H2/t10-,11+,14?. The molecule has 18 heavy (non-hydrogen) atoms. The molecule has 3 heteroatoms. The van der Waals surface area contributed by atoms with Crippen molar-refractivity contribution in [1.82, 2.24) is 0 Å². The van der Waals surface area contributed by atoms with Crippen molar-refractivity contribution in [3.63, 3.8) is 0 Å². The molecule has 1 unspecified atom stereocenters. The quantitative estimate of drug-likeness (QED) is 0.892. The van der Waals surface area contributed by atoms with Gasteiger partial charge < -0.3 is 9.84 Å². The molecule has 2 aliphatic rings. The van der Waals surface area contributed by atoms with Gasteiger partial charge in [-0.3, -0.25) is 0 Å². The Balaban J connectivity index is 1.70. The molecule has 0 saturated heterocycles. The van der Waals surface area contributed by atoms with Gasteiger partial charge in [-0.15, -0.1) is 0 Å². The van der Waals surface area contributed by atoms with Crippen LogP contribution in [0.5, 0.6) is 5.75 Å². The van der Waals surface area contributed by atoms with Crippen molar-refractivity contribution < 1.29 is 14.2 Å². The SMILES string of the molecule is OCc1cc(F)cc(OC2C[C@H]3CC[C@@H](C2)C3)c1. The zero-order chi connectivity index (χ0) is 12.5. The Morgan fingerprint density at radius 1 is 1.11 bits per heavy atom. The molecule has 0 heterocycles. The summed E-state index contributed by atoms with van der Waals surface area (Å²) in [6.45, 7) is -0.149. The number of benzene rings is 1. The molecule has 1 aromatic carbocycles. The van der Waals surface area contributed by atoms with E-state index in [0.717, 1.165) is 24.7 Å². The molecule has 1 N–H and O–H groups in total. The van der Waals surface area contributed by atoms with E-state index in [4.69, 9.17) is 9.84 Å². The first-order valence-corrected chi connectivity index (χ1v) is 6.80. The summed E-state index contributed by atoms with van der Waals surface area (Å²) >= 11 is 0. The fraction of sp³-hybridized carbons (Fsp3) is 0.600. The summed E-state index contributed by atoms with van der Waals surface area (Å²) in [5, 5.41) is 9.06. The number of fused-ring (bicyclic) bond motifs is 2. The fourth-order valence-electron chi connectivity index (χ4n) is 3.52. The van der Waals surface area contributed by atoms with Crippen LogP contribution in [0.3, 0.4) is 0 Å². The number of aliphatic hydroxyl groups is 1. The molecule has 0 aromatic heterocycles. The van der Waals surface area contributed by atoms with Gasteiger partial charge in [0.15, 0.2) is 0 Å². The first-order chi connectivity index (χ1) is 8.72. The highest BCUT2D eigenvalue weighted by Crippen LogP contribution is 2.43. The molecule has 0 radical (unpaired) electrons. The predicted molar refractivity (Wildman–Crippen MR) is 66.8 cm³/mol. The molecule has 3 rings (SSSR count). The largest absolute Gasteiger partial charge is 0.490 e. The first-order valence-electron chi connectivity index (χ1n) is 6.80. The number of hydrogen-bond acceptors (Lipinski definition) is 2. The van der Waals surface area contributed by atoms with Crippen LogP contribution >= 0.6 is 0 Å². The lowest BCUT2D eigenvalue weighted by molar-refractivity contribution is 0.118. The lowest BCUT2D eigenvalue weighted by Gasteiger charge is -2.28. The molecular formula is C15H19FO2. The summed E-state index contributed by atoms with van der Waals surface area (Å²) in [6, 6.07) is 4.49. The minimum absolute atomic E-state index is 0.149. The maximum atomic E-state index is 13.3. The van der Waals surface area contributed by atoms with Crippen LogP contribution in [0.15, 0.2) is 18.2 Å². The molecule has 0 amide bonds. The second kappa shape index (κ2) is 4.88. The molecule has 2 fully saturated rings. The van der Waals surface area contributed by atoms with Crippen molar-refractivity contribution in [2.24, 2.45) is 11.8 Å². The zero-order valence-electron chi connectivity index (χ0n) is 10.4. The lowest BCUT2D eigenvalue weighted by atomic mass is 9.87. The van der Waals surface area contributed by atoms with E-state index in [0.29, 0.717) is 11.3 Å². The van der Waals surface area contributed by atoms with Gasteiger partial charge in [0.25, 0.3) is 0 Å². The Morgan fingerprint density at radius 3 is 2.50 bits per heavy atom. The molecule has 98 valence electrons. The van der Waals surface area contributed by atoms with Crippen molar-refractivity contribution in [2.75, 3.05) is 0 Å². The van der Waals surface area contributed by atoms with Gasteiger partial charge in [-0.05, 0) is 48.8 Å². The third-order valence-electron chi connectivity index (χ3n) is 4.26. The Labute approximate surface area is 107 Å². The normalized spacial score (nSPS) is 30.4. The molecule has 2 nitrogen and oxygen atoms in total. The van der Waals surface area contributed by atoms with E-state index in [-0.39, 0.29) is 18.5 Å². The highest BCUT2D eigenvalue weighted by Gasteiger charge is 2.35. The van der Waals surface area contributed by atoms with Crippen LogP contribution in [-0.2, 0) is 6.61 Å². The smallest absolute Gasteiger partial charge is 0.127 e. The molecule has 3 atom stereocenters. The summed E-state index contributed by atoms with van der Waals surface area (Å²) in [4.78, 5) is 0. The third kappa shape index (κ3) is 2.51. The number of ether oxygens (including phenoxy) is 1. The molecule has 2 aliphatic carbocycles. The van der Waals surface area contributed by atoms with Crippen LogP contribution in [0.25, 0.3) is 0 Å². The van der Waals surface area contributed by atoms with E-state index in [2.05, 4.69) is 0 Å². The summed E-state index contributed by atoms with van der Waals surface area (Å²) in [5.74, 6) is 1.83. The van der Waals surface area contributed by atoms with E-state index < -0.39 is 0 Å². The van der Waals surface area contributed by atoms with Gasteiger partial charge in [0.05, 0.1) is 12.7 Å². The molecule has 0 spiro atoms.